The third-order valence-corrected chi connectivity index (χ3v) is 9.39. The van der Waals surface area contributed by atoms with E-state index in [9.17, 15) is 5.26 Å². The SMILES string of the molecule is N#Cc1ccc2c(c1)oc1c(-c3cc4c(cn3)c3ccccc3n4-c3ccc4c(c3)c3ccccc3n4-c3ccccc3)cccc12. The predicted molar refractivity (Wildman–Crippen MR) is 190 cm³/mol. The first kappa shape index (κ1) is 25.7. The van der Waals surface area contributed by atoms with E-state index in [-0.39, 0.29) is 0 Å². The molecular formula is C42H24N4O. The first-order valence-corrected chi connectivity index (χ1v) is 15.6. The van der Waals surface area contributed by atoms with Crippen molar-refractivity contribution in [3.8, 4) is 28.7 Å². The fourth-order valence-corrected chi connectivity index (χ4v) is 7.31. The summed E-state index contributed by atoms with van der Waals surface area (Å²) in [5, 5.41) is 16.1. The van der Waals surface area contributed by atoms with Gasteiger partial charge < -0.3 is 13.6 Å². The Balaban J connectivity index is 1.23. The van der Waals surface area contributed by atoms with Gasteiger partial charge in [-0.05, 0) is 72.8 Å². The molecule has 218 valence electrons. The first-order chi connectivity index (χ1) is 23.3. The Labute approximate surface area is 268 Å². The molecule has 0 N–H and O–H groups in total. The highest BCUT2D eigenvalue weighted by molar-refractivity contribution is 6.13. The largest absolute Gasteiger partial charge is 0.455 e. The lowest BCUT2D eigenvalue weighted by Gasteiger charge is -2.11. The van der Waals surface area contributed by atoms with E-state index >= 15 is 0 Å². The molecule has 5 nitrogen and oxygen atoms in total. The van der Waals surface area contributed by atoms with Gasteiger partial charge in [0.2, 0.25) is 0 Å². The van der Waals surface area contributed by atoms with Crippen molar-refractivity contribution in [3.63, 3.8) is 0 Å². The highest BCUT2D eigenvalue weighted by Gasteiger charge is 2.19. The van der Waals surface area contributed by atoms with Crippen LogP contribution in [0.2, 0.25) is 0 Å². The van der Waals surface area contributed by atoms with Crippen molar-refractivity contribution >= 4 is 65.6 Å². The van der Waals surface area contributed by atoms with Gasteiger partial charge in [-0.15, -0.1) is 0 Å². The maximum Gasteiger partial charge on any atom is 0.144 e. The average Bonchev–Trinajstić information content (AvgIpc) is 3.78. The van der Waals surface area contributed by atoms with E-state index in [0.29, 0.717) is 11.1 Å². The lowest BCUT2D eigenvalue weighted by atomic mass is 10.0. The molecule has 0 atom stereocenters. The molecule has 0 amide bonds. The van der Waals surface area contributed by atoms with E-state index in [2.05, 4.69) is 130 Å². The van der Waals surface area contributed by atoms with Crippen molar-refractivity contribution in [2.75, 3.05) is 0 Å². The summed E-state index contributed by atoms with van der Waals surface area (Å²) in [6.45, 7) is 0. The lowest BCUT2D eigenvalue weighted by molar-refractivity contribution is 0.669. The van der Waals surface area contributed by atoms with E-state index in [1.807, 2.05) is 24.4 Å². The van der Waals surface area contributed by atoms with Crippen molar-refractivity contribution in [1.29, 1.82) is 5.26 Å². The first-order valence-electron chi connectivity index (χ1n) is 15.6. The van der Waals surface area contributed by atoms with Crippen LogP contribution in [0.25, 0.3) is 88.2 Å². The van der Waals surface area contributed by atoms with Crippen LogP contribution < -0.4 is 0 Å². The molecule has 4 aromatic heterocycles. The Hall–Kier alpha value is -6.64. The van der Waals surface area contributed by atoms with Crippen molar-refractivity contribution in [2.45, 2.75) is 0 Å². The summed E-state index contributed by atoms with van der Waals surface area (Å²) in [5.41, 5.74) is 10.6. The molecule has 5 heteroatoms. The number of para-hydroxylation sites is 4. The predicted octanol–water partition coefficient (Wildman–Crippen LogP) is 10.7. The minimum atomic E-state index is 0.575. The second kappa shape index (κ2) is 9.68. The number of hydrogen-bond acceptors (Lipinski definition) is 3. The van der Waals surface area contributed by atoms with E-state index < -0.39 is 0 Å². The van der Waals surface area contributed by atoms with Gasteiger partial charge in [0.25, 0.3) is 0 Å². The fraction of sp³-hybridized carbons (Fsp3) is 0. The van der Waals surface area contributed by atoms with Crippen LogP contribution >= 0.6 is 0 Å². The normalized spacial score (nSPS) is 11.8. The number of rotatable bonds is 3. The van der Waals surface area contributed by atoms with Gasteiger partial charge in [-0.25, -0.2) is 0 Å². The Morgan fingerprint density at radius 1 is 0.511 bits per heavy atom. The molecule has 0 aliphatic carbocycles. The highest BCUT2D eigenvalue weighted by Crippen LogP contribution is 2.40. The summed E-state index contributed by atoms with van der Waals surface area (Å²) in [7, 11) is 0. The number of pyridine rings is 1. The van der Waals surface area contributed by atoms with E-state index in [0.717, 1.165) is 60.8 Å². The van der Waals surface area contributed by atoms with Crippen LogP contribution in [0.5, 0.6) is 0 Å². The molecule has 10 aromatic rings. The Morgan fingerprint density at radius 3 is 2.02 bits per heavy atom. The molecule has 47 heavy (non-hydrogen) atoms. The summed E-state index contributed by atoms with van der Waals surface area (Å²) in [5.74, 6) is 0. The number of furan rings is 1. The maximum atomic E-state index is 9.44. The van der Waals surface area contributed by atoms with E-state index in [4.69, 9.17) is 9.40 Å². The monoisotopic (exact) mass is 600 g/mol. The second-order valence-corrected chi connectivity index (χ2v) is 11.9. The number of benzene rings is 6. The van der Waals surface area contributed by atoms with E-state index in [1.165, 1.54) is 21.8 Å². The third-order valence-electron chi connectivity index (χ3n) is 9.39. The molecule has 6 aromatic carbocycles. The van der Waals surface area contributed by atoms with Gasteiger partial charge in [0.15, 0.2) is 0 Å². The maximum absolute atomic E-state index is 9.44. The number of aromatic nitrogens is 3. The van der Waals surface area contributed by atoms with Crippen LogP contribution in [0.3, 0.4) is 0 Å². The summed E-state index contributed by atoms with van der Waals surface area (Å²) in [6, 6.07) is 50.6. The number of nitrogens with zero attached hydrogens (tertiary/aromatic N) is 4. The molecule has 0 bridgehead atoms. The van der Waals surface area contributed by atoms with Gasteiger partial charge in [-0.2, -0.15) is 5.26 Å². The lowest BCUT2D eigenvalue weighted by Crippen LogP contribution is -1.96. The van der Waals surface area contributed by atoms with Gasteiger partial charge >= 0.3 is 0 Å². The van der Waals surface area contributed by atoms with Crippen molar-refractivity contribution in [2.24, 2.45) is 0 Å². The number of nitriles is 1. The summed E-state index contributed by atoms with van der Waals surface area (Å²) in [4.78, 5) is 4.99. The van der Waals surface area contributed by atoms with Crippen molar-refractivity contribution in [3.05, 3.63) is 151 Å². The molecular weight excluding hydrogens is 576 g/mol. The van der Waals surface area contributed by atoms with Crippen molar-refractivity contribution in [1.82, 2.24) is 14.1 Å². The Bertz CT molecular complexity index is 2920. The zero-order valence-electron chi connectivity index (χ0n) is 25.1. The van der Waals surface area contributed by atoms with E-state index in [1.54, 1.807) is 6.07 Å². The smallest absolute Gasteiger partial charge is 0.144 e. The topological polar surface area (TPSA) is 59.7 Å². The number of fused-ring (bicyclic) bond motifs is 9. The van der Waals surface area contributed by atoms with Crippen molar-refractivity contribution < 1.29 is 4.42 Å². The van der Waals surface area contributed by atoms with Gasteiger partial charge in [-0.1, -0.05) is 66.7 Å². The van der Waals surface area contributed by atoms with Gasteiger partial charge in [0, 0.05) is 55.5 Å². The highest BCUT2D eigenvalue weighted by atomic mass is 16.3. The Kier molecular flexibility index (Phi) is 5.28. The van der Waals surface area contributed by atoms with Crippen LogP contribution in [0.15, 0.2) is 150 Å². The average molecular weight is 601 g/mol. The molecule has 0 saturated heterocycles. The number of hydrogen-bond donors (Lipinski definition) is 0. The zero-order chi connectivity index (χ0) is 31.1. The quantitative estimate of drug-likeness (QED) is 0.203. The third kappa shape index (κ3) is 3.67. The molecule has 0 radical (unpaired) electrons. The molecule has 0 aliphatic heterocycles. The van der Waals surface area contributed by atoms with Gasteiger partial charge in [0.1, 0.15) is 11.2 Å². The van der Waals surface area contributed by atoms with Crippen LogP contribution in [0, 0.1) is 11.3 Å². The van der Waals surface area contributed by atoms with Gasteiger partial charge in [-0.3, -0.25) is 4.98 Å². The zero-order valence-corrected chi connectivity index (χ0v) is 25.1. The molecule has 4 heterocycles. The Morgan fingerprint density at radius 2 is 1.21 bits per heavy atom. The molecule has 0 fully saturated rings. The summed E-state index contributed by atoms with van der Waals surface area (Å²) >= 11 is 0. The summed E-state index contributed by atoms with van der Waals surface area (Å²) in [6.07, 6.45) is 1.98. The van der Waals surface area contributed by atoms with Crippen LogP contribution in [-0.4, -0.2) is 14.1 Å². The molecule has 10 rings (SSSR count). The molecule has 0 aliphatic rings. The molecule has 0 spiro atoms. The molecule has 0 unspecified atom stereocenters. The minimum absolute atomic E-state index is 0.575. The molecule has 0 saturated carbocycles. The second-order valence-electron chi connectivity index (χ2n) is 11.9. The standard InChI is InChI=1S/C42H24N4O/c43-24-26-17-19-31-32-13-8-14-33(42(32)47-41(31)21-26)36-23-40-35(25-44-36)30-12-5-7-16-38(30)46(40)28-18-20-39-34(22-28)29-11-4-6-15-37(29)45(39)27-9-2-1-3-10-27/h1-23,25H. The summed E-state index contributed by atoms with van der Waals surface area (Å²) < 4.78 is 11.1. The fourth-order valence-electron chi connectivity index (χ4n) is 7.31. The van der Waals surface area contributed by atoms with Crippen LogP contribution in [-0.2, 0) is 0 Å². The van der Waals surface area contributed by atoms with Gasteiger partial charge in [0.05, 0.1) is 39.4 Å². The van der Waals surface area contributed by atoms with Crippen LogP contribution in [0.1, 0.15) is 5.56 Å². The minimum Gasteiger partial charge on any atom is -0.455 e. The van der Waals surface area contributed by atoms with Crippen LogP contribution in [0.4, 0.5) is 0 Å².